The van der Waals surface area contributed by atoms with Crippen molar-refractivity contribution in [2.24, 2.45) is 0 Å². The van der Waals surface area contributed by atoms with Gasteiger partial charge in [0.1, 0.15) is 16.2 Å². The summed E-state index contributed by atoms with van der Waals surface area (Å²) in [7, 11) is 0. The van der Waals surface area contributed by atoms with E-state index in [1.807, 2.05) is 12.3 Å². The van der Waals surface area contributed by atoms with Crippen LogP contribution in [0.1, 0.15) is 0 Å². The monoisotopic (exact) mass is 771 g/mol. The van der Waals surface area contributed by atoms with Gasteiger partial charge in [0.15, 0.2) is 0 Å². The van der Waals surface area contributed by atoms with Gasteiger partial charge in [-0.25, -0.2) is 4.98 Å². The zero-order valence-electron chi connectivity index (χ0n) is 31.7. The van der Waals surface area contributed by atoms with Gasteiger partial charge < -0.3 is 9.32 Å². The Morgan fingerprint density at radius 3 is 1.83 bits per heavy atom. The standard InChI is InChI=1S/C54H33N3OS/c1-4-10-34(11-5-1)40-28-39-19-22-41(30-45(39)44(29-40)35-12-6-2-7-13-35)57(43-23-25-50-47(32-43)48-33-55-27-26-51(48)58-50)42-21-18-36-16-17-37-20-24-49-53(52(37)46(36)31-42)59-54(56-49)38-14-8-3-9-15-38/h1-33H. The lowest BCUT2D eigenvalue weighted by molar-refractivity contribution is 0.668. The molecule has 0 fully saturated rings. The van der Waals surface area contributed by atoms with Crippen LogP contribution in [0.3, 0.4) is 0 Å². The molecule has 0 saturated carbocycles. The highest BCUT2D eigenvalue weighted by molar-refractivity contribution is 7.22. The number of hydrogen-bond acceptors (Lipinski definition) is 5. The van der Waals surface area contributed by atoms with E-state index >= 15 is 0 Å². The Labute approximate surface area is 343 Å². The number of rotatable bonds is 6. The van der Waals surface area contributed by atoms with Crippen molar-refractivity contribution in [1.82, 2.24) is 9.97 Å². The summed E-state index contributed by atoms with van der Waals surface area (Å²) < 4.78 is 7.48. The predicted molar refractivity (Wildman–Crippen MR) is 248 cm³/mol. The van der Waals surface area contributed by atoms with Crippen LogP contribution in [0.2, 0.25) is 0 Å². The van der Waals surface area contributed by atoms with Crippen LogP contribution >= 0.6 is 11.3 Å². The lowest BCUT2D eigenvalue weighted by Gasteiger charge is -2.27. The normalized spacial score (nSPS) is 11.7. The molecule has 0 unspecified atom stereocenters. The number of thiazole rings is 1. The van der Waals surface area contributed by atoms with Gasteiger partial charge >= 0.3 is 0 Å². The molecule has 9 aromatic carbocycles. The van der Waals surface area contributed by atoms with Gasteiger partial charge in [-0.05, 0) is 116 Å². The first-order valence-corrected chi connectivity index (χ1v) is 20.6. The van der Waals surface area contributed by atoms with Gasteiger partial charge in [0.05, 0.1) is 10.2 Å². The topological polar surface area (TPSA) is 42.2 Å². The summed E-state index contributed by atoms with van der Waals surface area (Å²) in [5.74, 6) is 0. The van der Waals surface area contributed by atoms with Crippen molar-refractivity contribution in [3.05, 3.63) is 200 Å². The summed E-state index contributed by atoms with van der Waals surface area (Å²) in [6, 6.07) is 67.5. The quantitative estimate of drug-likeness (QED) is 0.158. The molecule has 0 atom stereocenters. The van der Waals surface area contributed by atoms with Crippen LogP contribution in [0.25, 0.3) is 97.3 Å². The van der Waals surface area contributed by atoms with Crippen molar-refractivity contribution in [3.63, 3.8) is 0 Å². The van der Waals surface area contributed by atoms with E-state index in [1.54, 1.807) is 17.5 Å². The molecule has 0 bridgehead atoms. The molecular weight excluding hydrogens is 739 g/mol. The molecule has 0 amide bonds. The molecule has 0 aliphatic heterocycles. The van der Waals surface area contributed by atoms with Gasteiger partial charge in [-0.3, -0.25) is 4.98 Å². The van der Waals surface area contributed by atoms with E-state index in [1.165, 1.54) is 59.3 Å². The molecule has 5 heteroatoms. The fourth-order valence-corrected chi connectivity index (χ4v) is 9.83. The molecule has 0 radical (unpaired) electrons. The fourth-order valence-electron chi connectivity index (χ4n) is 8.69. The second-order valence-corrected chi connectivity index (χ2v) is 16.0. The van der Waals surface area contributed by atoms with Crippen LogP contribution in [-0.4, -0.2) is 9.97 Å². The van der Waals surface area contributed by atoms with Crippen LogP contribution in [0.4, 0.5) is 17.1 Å². The molecule has 0 aliphatic carbocycles. The molecule has 0 N–H and O–H groups in total. The van der Waals surface area contributed by atoms with Gasteiger partial charge in [0, 0.05) is 51.2 Å². The molecule has 59 heavy (non-hydrogen) atoms. The zero-order valence-corrected chi connectivity index (χ0v) is 32.5. The van der Waals surface area contributed by atoms with E-state index in [9.17, 15) is 0 Å². The van der Waals surface area contributed by atoms with Crippen molar-refractivity contribution < 1.29 is 4.42 Å². The number of benzene rings is 9. The van der Waals surface area contributed by atoms with Crippen LogP contribution in [0.15, 0.2) is 205 Å². The van der Waals surface area contributed by atoms with Crippen LogP contribution in [0.5, 0.6) is 0 Å². The highest BCUT2D eigenvalue weighted by Gasteiger charge is 2.20. The third-order valence-corrected chi connectivity index (χ3v) is 12.7. The molecule has 4 nitrogen and oxygen atoms in total. The molecular formula is C54H33N3OS. The maximum absolute atomic E-state index is 6.29. The van der Waals surface area contributed by atoms with Crippen molar-refractivity contribution in [2.75, 3.05) is 4.90 Å². The molecule has 0 spiro atoms. The van der Waals surface area contributed by atoms with Crippen molar-refractivity contribution in [3.8, 4) is 32.8 Å². The van der Waals surface area contributed by atoms with E-state index in [-0.39, 0.29) is 0 Å². The molecule has 3 heterocycles. The van der Waals surface area contributed by atoms with Crippen molar-refractivity contribution in [1.29, 1.82) is 0 Å². The second kappa shape index (κ2) is 13.5. The smallest absolute Gasteiger partial charge is 0.138 e. The van der Waals surface area contributed by atoms with E-state index in [2.05, 4.69) is 192 Å². The van der Waals surface area contributed by atoms with Gasteiger partial charge in [0.2, 0.25) is 0 Å². The summed E-state index contributed by atoms with van der Waals surface area (Å²) in [5, 5.41) is 10.2. The van der Waals surface area contributed by atoms with E-state index in [0.717, 1.165) is 55.1 Å². The lowest BCUT2D eigenvalue weighted by atomic mass is 9.92. The number of anilines is 3. The van der Waals surface area contributed by atoms with Crippen LogP contribution < -0.4 is 4.90 Å². The average Bonchev–Trinajstić information content (AvgIpc) is 3.91. The highest BCUT2D eigenvalue weighted by atomic mass is 32.1. The summed E-state index contributed by atoms with van der Waals surface area (Å²) in [5.41, 5.74) is 11.7. The number of fused-ring (bicyclic) bond motifs is 9. The number of pyridine rings is 1. The SMILES string of the molecule is c1ccc(-c2cc(-c3ccccc3)c3cc(N(c4ccc5oc6ccncc6c5c4)c4ccc5ccc6ccc7nc(-c8ccccc8)sc7c6c5c4)ccc3c2)cc1. The Morgan fingerprint density at radius 1 is 0.441 bits per heavy atom. The second-order valence-electron chi connectivity index (χ2n) is 15.0. The maximum Gasteiger partial charge on any atom is 0.138 e. The Bertz CT molecular complexity index is 3560. The third-order valence-electron chi connectivity index (χ3n) is 11.5. The third kappa shape index (κ3) is 5.66. The summed E-state index contributed by atoms with van der Waals surface area (Å²) >= 11 is 1.76. The summed E-state index contributed by atoms with van der Waals surface area (Å²) in [6.45, 7) is 0. The molecule has 0 saturated heterocycles. The summed E-state index contributed by atoms with van der Waals surface area (Å²) in [6.07, 6.45) is 3.68. The molecule has 12 rings (SSSR count). The number of furan rings is 1. The van der Waals surface area contributed by atoms with Crippen molar-refractivity contribution >= 4 is 92.9 Å². The van der Waals surface area contributed by atoms with Crippen LogP contribution in [-0.2, 0) is 0 Å². The molecule has 0 aliphatic rings. The molecule has 3 aromatic heterocycles. The van der Waals surface area contributed by atoms with Gasteiger partial charge in [-0.1, -0.05) is 121 Å². The highest BCUT2D eigenvalue weighted by Crippen LogP contribution is 2.45. The summed E-state index contributed by atoms with van der Waals surface area (Å²) in [4.78, 5) is 12.0. The lowest BCUT2D eigenvalue weighted by Crippen LogP contribution is -2.10. The minimum atomic E-state index is 0.826. The Hall–Kier alpha value is -7.60. The predicted octanol–water partition coefficient (Wildman–Crippen LogP) is 15.5. The van der Waals surface area contributed by atoms with E-state index in [0.29, 0.717) is 0 Å². The molecule has 276 valence electrons. The zero-order chi connectivity index (χ0) is 38.9. The van der Waals surface area contributed by atoms with Gasteiger partial charge in [-0.2, -0.15) is 0 Å². The first kappa shape index (κ1) is 33.5. The number of hydrogen-bond donors (Lipinski definition) is 0. The van der Waals surface area contributed by atoms with Gasteiger partial charge in [-0.15, -0.1) is 11.3 Å². The number of aromatic nitrogens is 2. The van der Waals surface area contributed by atoms with E-state index in [4.69, 9.17) is 9.40 Å². The van der Waals surface area contributed by atoms with E-state index < -0.39 is 0 Å². The molecule has 12 aromatic rings. The Kier molecular flexibility index (Phi) is 7.68. The minimum Gasteiger partial charge on any atom is -0.456 e. The van der Waals surface area contributed by atoms with Gasteiger partial charge in [0.25, 0.3) is 0 Å². The maximum atomic E-state index is 6.29. The first-order valence-electron chi connectivity index (χ1n) is 19.8. The Balaban J connectivity index is 1.11. The van der Waals surface area contributed by atoms with Crippen LogP contribution in [0, 0.1) is 0 Å². The minimum absolute atomic E-state index is 0.826. The Morgan fingerprint density at radius 2 is 1.05 bits per heavy atom. The number of nitrogens with zero attached hydrogens (tertiary/aromatic N) is 3. The fraction of sp³-hybridized carbons (Fsp3) is 0. The average molecular weight is 772 g/mol. The largest absolute Gasteiger partial charge is 0.456 e. The first-order chi connectivity index (χ1) is 29.2. The van der Waals surface area contributed by atoms with Crippen molar-refractivity contribution in [2.45, 2.75) is 0 Å².